The Morgan fingerprint density at radius 3 is 3.00 bits per heavy atom. The Balaban J connectivity index is 2.55. The number of pyridine rings is 1. The Morgan fingerprint density at radius 1 is 1.69 bits per heavy atom. The smallest absolute Gasteiger partial charge is 0.141 e. The van der Waals surface area contributed by atoms with E-state index in [9.17, 15) is 4.39 Å². The molecule has 1 N–H and O–H groups in total. The van der Waals surface area contributed by atoms with E-state index in [-0.39, 0.29) is 11.9 Å². The largest absolute Gasteiger partial charge is 0.367 e. The zero-order valence-corrected chi connectivity index (χ0v) is 7.42. The van der Waals surface area contributed by atoms with Crippen molar-refractivity contribution in [1.29, 1.82) is 0 Å². The van der Waals surface area contributed by atoms with Crippen LogP contribution in [0.15, 0.2) is 18.3 Å². The Labute approximate surface area is 77.2 Å². The topological polar surface area (TPSA) is 24.9 Å². The number of rotatable bonds is 3. The van der Waals surface area contributed by atoms with Crippen molar-refractivity contribution in [2.45, 2.75) is 19.4 Å². The first-order valence-corrected chi connectivity index (χ1v) is 4.04. The summed E-state index contributed by atoms with van der Waals surface area (Å²) in [6.07, 6.45) is 6.93. The molecule has 68 valence electrons. The molecule has 0 aliphatic carbocycles. The molecular formula is C10H11FN2. The van der Waals surface area contributed by atoms with Crippen LogP contribution in [0, 0.1) is 18.2 Å². The van der Waals surface area contributed by atoms with E-state index in [1.54, 1.807) is 6.07 Å². The fraction of sp³-hybridized carbons (Fsp3) is 0.300. The van der Waals surface area contributed by atoms with Crippen LogP contribution in [-0.4, -0.2) is 11.0 Å². The number of aromatic nitrogens is 1. The van der Waals surface area contributed by atoms with Crippen molar-refractivity contribution in [1.82, 2.24) is 4.98 Å². The van der Waals surface area contributed by atoms with Crippen LogP contribution in [0.2, 0.25) is 0 Å². The Morgan fingerprint density at radius 2 is 2.46 bits per heavy atom. The van der Waals surface area contributed by atoms with Crippen LogP contribution in [-0.2, 0) is 0 Å². The van der Waals surface area contributed by atoms with Crippen molar-refractivity contribution in [3.8, 4) is 12.3 Å². The first-order valence-electron chi connectivity index (χ1n) is 4.04. The Bertz CT molecular complexity index is 300. The zero-order valence-electron chi connectivity index (χ0n) is 7.42. The molecule has 0 saturated heterocycles. The molecule has 13 heavy (non-hydrogen) atoms. The summed E-state index contributed by atoms with van der Waals surface area (Å²) in [4.78, 5) is 3.85. The molecule has 1 unspecified atom stereocenters. The fourth-order valence-corrected chi connectivity index (χ4v) is 0.941. The summed E-state index contributed by atoms with van der Waals surface area (Å²) in [6, 6.07) is 3.10. The van der Waals surface area contributed by atoms with E-state index < -0.39 is 0 Å². The highest BCUT2D eigenvalue weighted by molar-refractivity contribution is 5.34. The van der Waals surface area contributed by atoms with Gasteiger partial charge in [0.05, 0.1) is 6.20 Å². The number of anilines is 1. The van der Waals surface area contributed by atoms with E-state index in [2.05, 4.69) is 16.2 Å². The highest BCUT2D eigenvalue weighted by Gasteiger charge is 2.00. The normalized spacial score (nSPS) is 11.8. The van der Waals surface area contributed by atoms with Gasteiger partial charge in [0.2, 0.25) is 0 Å². The van der Waals surface area contributed by atoms with Crippen LogP contribution < -0.4 is 5.32 Å². The SMILES string of the molecule is C#CCC(C)Nc1ccc(F)cn1. The van der Waals surface area contributed by atoms with Crippen LogP contribution in [0.5, 0.6) is 0 Å². The molecule has 1 atom stereocenters. The molecule has 1 heterocycles. The average molecular weight is 178 g/mol. The van der Waals surface area contributed by atoms with Crippen LogP contribution in [0.1, 0.15) is 13.3 Å². The highest BCUT2D eigenvalue weighted by Crippen LogP contribution is 2.06. The maximum absolute atomic E-state index is 12.4. The van der Waals surface area contributed by atoms with Crippen molar-refractivity contribution in [3.63, 3.8) is 0 Å². The summed E-state index contributed by atoms with van der Waals surface area (Å²) in [5, 5.41) is 3.05. The van der Waals surface area contributed by atoms with Crippen molar-refractivity contribution in [3.05, 3.63) is 24.1 Å². The van der Waals surface area contributed by atoms with Gasteiger partial charge >= 0.3 is 0 Å². The standard InChI is InChI=1S/C10H11FN2/c1-3-4-8(2)13-10-6-5-9(11)7-12-10/h1,5-8H,4H2,2H3,(H,12,13). The molecule has 1 rings (SSSR count). The second-order valence-corrected chi connectivity index (χ2v) is 2.82. The van der Waals surface area contributed by atoms with Gasteiger partial charge < -0.3 is 5.32 Å². The van der Waals surface area contributed by atoms with Crippen molar-refractivity contribution < 1.29 is 4.39 Å². The van der Waals surface area contributed by atoms with Gasteiger partial charge in [0, 0.05) is 12.5 Å². The van der Waals surface area contributed by atoms with Crippen LogP contribution in [0.25, 0.3) is 0 Å². The zero-order chi connectivity index (χ0) is 9.68. The number of nitrogens with zero attached hydrogens (tertiary/aromatic N) is 1. The van der Waals surface area contributed by atoms with Gasteiger partial charge in [0.25, 0.3) is 0 Å². The minimum absolute atomic E-state index is 0.156. The lowest BCUT2D eigenvalue weighted by Crippen LogP contribution is -2.14. The fourth-order valence-electron chi connectivity index (χ4n) is 0.941. The lowest BCUT2D eigenvalue weighted by atomic mass is 10.2. The quantitative estimate of drug-likeness (QED) is 0.716. The lowest BCUT2D eigenvalue weighted by molar-refractivity contribution is 0.621. The third-order valence-electron chi connectivity index (χ3n) is 1.55. The molecule has 0 radical (unpaired) electrons. The summed E-state index contributed by atoms with van der Waals surface area (Å²) in [7, 11) is 0. The van der Waals surface area contributed by atoms with Crippen LogP contribution in [0.4, 0.5) is 10.2 Å². The lowest BCUT2D eigenvalue weighted by Gasteiger charge is -2.10. The van der Waals surface area contributed by atoms with Crippen LogP contribution in [0.3, 0.4) is 0 Å². The maximum atomic E-state index is 12.4. The summed E-state index contributed by atoms with van der Waals surface area (Å²) >= 11 is 0. The molecule has 0 fully saturated rings. The van der Waals surface area contributed by atoms with E-state index in [1.165, 1.54) is 12.3 Å². The number of hydrogen-bond donors (Lipinski definition) is 1. The van der Waals surface area contributed by atoms with Gasteiger partial charge in [-0.15, -0.1) is 12.3 Å². The molecule has 0 spiro atoms. The monoisotopic (exact) mass is 178 g/mol. The predicted octanol–water partition coefficient (Wildman–Crippen LogP) is 2.04. The van der Waals surface area contributed by atoms with Gasteiger partial charge in [0.1, 0.15) is 11.6 Å². The third-order valence-corrected chi connectivity index (χ3v) is 1.55. The van der Waals surface area contributed by atoms with Gasteiger partial charge in [-0.25, -0.2) is 9.37 Å². The van der Waals surface area contributed by atoms with E-state index in [1.807, 2.05) is 6.92 Å². The molecular weight excluding hydrogens is 167 g/mol. The van der Waals surface area contributed by atoms with Crippen molar-refractivity contribution >= 4 is 5.82 Å². The molecule has 3 heteroatoms. The first kappa shape index (κ1) is 9.53. The van der Waals surface area contributed by atoms with Crippen LogP contribution >= 0.6 is 0 Å². The Kier molecular flexibility index (Phi) is 3.27. The second kappa shape index (κ2) is 4.46. The third kappa shape index (κ3) is 3.12. The molecule has 0 aromatic carbocycles. The number of nitrogens with one attached hydrogen (secondary N) is 1. The number of halogens is 1. The highest BCUT2D eigenvalue weighted by atomic mass is 19.1. The first-order chi connectivity index (χ1) is 6.22. The van der Waals surface area contributed by atoms with Crippen molar-refractivity contribution in [2.24, 2.45) is 0 Å². The summed E-state index contributed by atoms with van der Waals surface area (Å²) in [5.41, 5.74) is 0. The van der Waals surface area contributed by atoms with Gasteiger partial charge in [-0.2, -0.15) is 0 Å². The average Bonchev–Trinajstić information content (AvgIpc) is 2.09. The second-order valence-electron chi connectivity index (χ2n) is 2.82. The molecule has 0 amide bonds. The van der Waals surface area contributed by atoms with Gasteiger partial charge in [0.15, 0.2) is 0 Å². The molecule has 0 aliphatic heterocycles. The summed E-state index contributed by atoms with van der Waals surface area (Å²) in [6.45, 7) is 1.95. The van der Waals surface area contributed by atoms with E-state index in [0.29, 0.717) is 12.2 Å². The van der Waals surface area contributed by atoms with Crippen molar-refractivity contribution in [2.75, 3.05) is 5.32 Å². The van der Waals surface area contributed by atoms with Gasteiger partial charge in [-0.3, -0.25) is 0 Å². The molecule has 0 aliphatic rings. The number of terminal acetylenes is 1. The summed E-state index contributed by atoms with van der Waals surface area (Å²) < 4.78 is 12.4. The minimum atomic E-state index is -0.338. The Hall–Kier alpha value is -1.56. The molecule has 0 saturated carbocycles. The molecule has 2 nitrogen and oxygen atoms in total. The molecule has 0 bridgehead atoms. The number of hydrogen-bond acceptors (Lipinski definition) is 2. The van der Waals surface area contributed by atoms with E-state index in [4.69, 9.17) is 6.42 Å². The molecule has 1 aromatic heterocycles. The molecule has 1 aromatic rings. The maximum Gasteiger partial charge on any atom is 0.141 e. The minimum Gasteiger partial charge on any atom is -0.367 e. The van der Waals surface area contributed by atoms with E-state index in [0.717, 1.165) is 0 Å². The summed E-state index contributed by atoms with van der Waals surface area (Å²) in [5.74, 6) is 2.84. The predicted molar refractivity (Wildman–Crippen MR) is 50.7 cm³/mol. The van der Waals surface area contributed by atoms with E-state index >= 15 is 0 Å². The van der Waals surface area contributed by atoms with Gasteiger partial charge in [-0.05, 0) is 19.1 Å². The van der Waals surface area contributed by atoms with Gasteiger partial charge in [-0.1, -0.05) is 0 Å².